The number of anilines is 1. The van der Waals surface area contributed by atoms with E-state index in [0.29, 0.717) is 0 Å². The molecule has 0 saturated carbocycles. The van der Waals surface area contributed by atoms with Crippen LogP contribution in [0.4, 0.5) is 10.5 Å². The minimum Gasteiger partial charge on any atom is -0.351 e. The van der Waals surface area contributed by atoms with Crippen molar-refractivity contribution >= 4 is 11.7 Å². The van der Waals surface area contributed by atoms with Crippen molar-refractivity contribution in [3.05, 3.63) is 29.8 Å². The number of primary amides is 1. The molecule has 4 heteroatoms. The molecule has 0 bridgehead atoms. The summed E-state index contributed by atoms with van der Waals surface area (Å²) in [5, 5.41) is 5.69. The smallest absolute Gasteiger partial charge is 0.316 e. The van der Waals surface area contributed by atoms with Gasteiger partial charge in [-0.1, -0.05) is 18.2 Å². The topological polar surface area (TPSA) is 67.2 Å². The first-order valence-corrected chi connectivity index (χ1v) is 4.47. The molecule has 1 aromatic carbocycles. The Bertz CT molecular complexity index is 325. The van der Waals surface area contributed by atoms with Crippen LogP contribution in [-0.2, 0) is 0 Å². The molecule has 0 fully saturated rings. The van der Waals surface area contributed by atoms with Crippen molar-refractivity contribution in [2.75, 3.05) is 12.4 Å². The molecule has 4 nitrogen and oxygen atoms in total. The summed E-state index contributed by atoms with van der Waals surface area (Å²) < 4.78 is 0. The quantitative estimate of drug-likeness (QED) is 0.680. The van der Waals surface area contributed by atoms with Gasteiger partial charge in [-0.15, -0.1) is 0 Å². The van der Waals surface area contributed by atoms with Gasteiger partial charge in [0.15, 0.2) is 0 Å². The number of carbonyl (C=O) groups is 1. The lowest BCUT2D eigenvalue weighted by Crippen LogP contribution is -2.22. The van der Waals surface area contributed by atoms with Crippen molar-refractivity contribution in [3.8, 4) is 0 Å². The molecule has 0 aliphatic carbocycles. The predicted molar refractivity (Wildman–Crippen MR) is 57.1 cm³/mol. The first-order valence-electron chi connectivity index (χ1n) is 4.47. The number of urea groups is 1. The van der Waals surface area contributed by atoms with E-state index in [0.717, 1.165) is 11.3 Å². The van der Waals surface area contributed by atoms with Crippen molar-refractivity contribution < 1.29 is 4.79 Å². The number of benzene rings is 1. The van der Waals surface area contributed by atoms with E-state index in [2.05, 4.69) is 10.6 Å². The SMILES string of the molecule is CNC(C)c1ccccc1NC(N)=O. The van der Waals surface area contributed by atoms with Crippen LogP contribution < -0.4 is 16.4 Å². The molecule has 76 valence electrons. The predicted octanol–water partition coefficient (Wildman–Crippen LogP) is 1.46. The monoisotopic (exact) mass is 193 g/mol. The van der Waals surface area contributed by atoms with Gasteiger partial charge in [0.2, 0.25) is 0 Å². The lowest BCUT2D eigenvalue weighted by atomic mass is 10.1. The van der Waals surface area contributed by atoms with E-state index in [1.165, 1.54) is 0 Å². The van der Waals surface area contributed by atoms with Crippen LogP contribution in [0.3, 0.4) is 0 Å². The first-order chi connectivity index (χ1) is 6.65. The molecule has 0 spiro atoms. The van der Waals surface area contributed by atoms with E-state index in [9.17, 15) is 4.79 Å². The highest BCUT2D eigenvalue weighted by Crippen LogP contribution is 2.21. The van der Waals surface area contributed by atoms with Crippen LogP contribution >= 0.6 is 0 Å². The maximum Gasteiger partial charge on any atom is 0.316 e. The van der Waals surface area contributed by atoms with Gasteiger partial charge in [0.25, 0.3) is 0 Å². The fourth-order valence-corrected chi connectivity index (χ4v) is 1.28. The summed E-state index contributed by atoms with van der Waals surface area (Å²) in [7, 11) is 1.87. The standard InChI is InChI=1S/C10H15N3O/c1-7(12-2)8-5-3-4-6-9(8)13-10(11)14/h3-7,12H,1-2H3,(H3,11,13,14). The number of para-hydroxylation sites is 1. The van der Waals surface area contributed by atoms with Crippen LogP contribution in [0.5, 0.6) is 0 Å². The molecular formula is C10H15N3O. The average molecular weight is 193 g/mol. The Kier molecular flexibility index (Phi) is 3.48. The second-order valence-electron chi connectivity index (χ2n) is 3.09. The molecule has 0 aromatic heterocycles. The Morgan fingerprint density at radius 2 is 2.07 bits per heavy atom. The lowest BCUT2D eigenvalue weighted by Gasteiger charge is -2.15. The number of nitrogens with one attached hydrogen (secondary N) is 2. The first kappa shape index (κ1) is 10.5. The molecule has 1 unspecified atom stereocenters. The molecule has 0 aliphatic heterocycles. The molecule has 1 atom stereocenters. The fraction of sp³-hybridized carbons (Fsp3) is 0.300. The van der Waals surface area contributed by atoms with Crippen molar-refractivity contribution in [1.82, 2.24) is 5.32 Å². The molecule has 4 N–H and O–H groups in total. The number of carbonyl (C=O) groups excluding carboxylic acids is 1. The minimum atomic E-state index is -0.541. The molecule has 0 radical (unpaired) electrons. The lowest BCUT2D eigenvalue weighted by molar-refractivity contribution is 0.259. The van der Waals surface area contributed by atoms with Gasteiger partial charge < -0.3 is 16.4 Å². The summed E-state index contributed by atoms with van der Waals surface area (Å²) in [6.45, 7) is 2.02. The number of amides is 2. The summed E-state index contributed by atoms with van der Waals surface area (Å²) in [5.41, 5.74) is 6.84. The van der Waals surface area contributed by atoms with Crippen LogP contribution in [0, 0.1) is 0 Å². The van der Waals surface area contributed by atoms with Crippen molar-refractivity contribution in [2.24, 2.45) is 5.73 Å². The van der Waals surface area contributed by atoms with Crippen LogP contribution in [-0.4, -0.2) is 13.1 Å². The molecule has 0 saturated heterocycles. The fourth-order valence-electron chi connectivity index (χ4n) is 1.28. The van der Waals surface area contributed by atoms with Gasteiger partial charge in [0, 0.05) is 11.7 Å². The highest BCUT2D eigenvalue weighted by atomic mass is 16.2. The van der Waals surface area contributed by atoms with Gasteiger partial charge in [0.05, 0.1) is 0 Å². The maximum absolute atomic E-state index is 10.7. The minimum absolute atomic E-state index is 0.179. The van der Waals surface area contributed by atoms with Gasteiger partial charge >= 0.3 is 6.03 Å². The van der Waals surface area contributed by atoms with E-state index in [1.54, 1.807) is 0 Å². The van der Waals surface area contributed by atoms with Crippen LogP contribution in [0.2, 0.25) is 0 Å². The van der Waals surface area contributed by atoms with Crippen molar-refractivity contribution in [2.45, 2.75) is 13.0 Å². The summed E-state index contributed by atoms with van der Waals surface area (Å²) >= 11 is 0. The Morgan fingerprint density at radius 3 is 2.64 bits per heavy atom. The summed E-state index contributed by atoms with van der Waals surface area (Å²) in [5.74, 6) is 0. The third-order valence-electron chi connectivity index (χ3n) is 2.12. The third kappa shape index (κ3) is 2.47. The second kappa shape index (κ2) is 4.62. The van der Waals surface area contributed by atoms with E-state index < -0.39 is 6.03 Å². The summed E-state index contributed by atoms with van der Waals surface area (Å²) in [6, 6.07) is 7.20. The molecule has 0 heterocycles. The van der Waals surface area contributed by atoms with E-state index in [4.69, 9.17) is 5.73 Å². The Labute approximate surface area is 83.5 Å². The zero-order valence-corrected chi connectivity index (χ0v) is 8.37. The van der Waals surface area contributed by atoms with E-state index in [1.807, 2.05) is 38.2 Å². The Hall–Kier alpha value is -1.55. The molecule has 1 rings (SSSR count). The van der Waals surface area contributed by atoms with Crippen molar-refractivity contribution in [3.63, 3.8) is 0 Å². The van der Waals surface area contributed by atoms with Gasteiger partial charge in [-0.05, 0) is 25.6 Å². The normalized spacial score (nSPS) is 12.1. The van der Waals surface area contributed by atoms with Crippen LogP contribution in [0.15, 0.2) is 24.3 Å². The highest BCUT2D eigenvalue weighted by Gasteiger charge is 2.08. The Balaban J connectivity index is 2.96. The average Bonchev–Trinajstić information content (AvgIpc) is 2.16. The van der Waals surface area contributed by atoms with Crippen molar-refractivity contribution in [1.29, 1.82) is 0 Å². The third-order valence-corrected chi connectivity index (χ3v) is 2.12. The highest BCUT2D eigenvalue weighted by molar-refractivity contribution is 5.88. The molecule has 2 amide bonds. The number of nitrogens with two attached hydrogens (primary N) is 1. The molecule has 1 aromatic rings. The maximum atomic E-state index is 10.7. The zero-order valence-electron chi connectivity index (χ0n) is 8.37. The van der Waals surface area contributed by atoms with E-state index in [-0.39, 0.29) is 6.04 Å². The van der Waals surface area contributed by atoms with Gasteiger partial charge in [0.1, 0.15) is 0 Å². The summed E-state index contributed by atoms with van der Waals surface area (Å²) in [6.07, 6.45) is 0. The second-order valence-corrected chi connectivity index (χ2v) is 3.09. The van der Waals surface area contributed by atoms with Gasteiger partial charge in [-0.2, -0.15) is 0 Å². The molecular weight excluding hydrogens is 178 g/mol. The van der Waals surface area contributed by atoms with E-state index >= 15 is 0 Å². The van der Waals surface area contributed by atoms with Crippen LogP contribution in [0.1, 0.15) is 18.5 Å². The Morgan fingerprint density at radius 1 is 1.43 bits per heavy atom. The largest absolute Gasteiger partial charge is 0.351 e. The zero-order chi connectivity index (χ0) is 10.6. The van der Waals surface area contributed by atoms with Gasteiger partial charge in [-0.3, -0.25) is 0 Å². The molecule has 0 aliphatic rings. The van der Waals surface area contributed by atoms with Gasteiger partial charge in [-0.25, -0.2) is 4.79 Å². The number of hydrogen-bond donors (Lipinski definition) is 3. The number of hydrogen-bond acceptors (Lipinski definition) is 2. The number of rotatable bonds is 3. The summed E-state index contributed by atoms with van der Waals surface area (Å²) in [4.78, 5) is 10.7. The molecule has 14 heavy (non-hydrogen) atoms. The van der Waals surface area contributed by atoms with Crippen LogP contribution in [0.25, 0.3) is 0 Å².